The van der Waals surface area contributed by atoms with Crippen LogP contribution >= 0.6 is 23.1 Å². The van der Waals surface area contributed by atoms with Crippen LogP contribution in [0, 0.1) is 0 Å². The largest absolute Gasteiger partial charge is 0.271 e. The number of aromatic nitrogens is 2. The Hall–Kier alpha value is -3.03. The van der Waals surface area contributed by atoms with Gasteiger partial charge in [-0.2, -0.15) is 5.10 Å². The van der Waals surface area contributed by atoms with Gasteiger partial charge in [0.2, 0.25) is 0 Å². The number of thiazole rings is 1. The average Bonchev–Trinajstić information content (AvgIpc) is 3.20. The molecule has 0 saturated heterocycles. The summed E-state index contributed by atoms with van der Waals surface area (Å²) in [6, 6.07) is 19.4. The molecular formula is C22H18N4OS2. The third kappa shape index (κ3) is 4.88. The van der Waals surface area contributed by atoms with Gasteiger partial charge >= 0.3 is 0 Å². The number of para-hydroxylation sites is 1. The molecule has 2 heterocycles. The van der Waals surface area contributed by atoms with E-state index in [2.05, 4.69) is 26.6 Å². The molecule has 4 rings (SSSR count). The van der Waals surface area contributed by atoms with E-state index >= 15 is 0 Å². The minimum Gasteiger partial charge on any atom is -0.267 e. The molecule has 144 valence electrons. The van der Waals surface area contributed by atoms with E-state index in [1.165, 1.54) is 4.70 Å². The number of nitrogens with one attached hydrogen (secondary N) is 1. The predicted molar refractivity (Wildman–Crippen MR) is 120 cm³/mol. The summed E-state index contributed by atoms with van der Waals surface area (Å²) in [5.74, 6) is 0.568. The summed E-state index contributed by atoms with van der Waals surface area (Å²) < 4.78 is 2.25. The first-order valence-corrected chi connectivity index (χ1v) is 10.8. The van der Waals surface area contributed by atoms with Gasteiger partial charge < -0.3 is 0 Å². The summed E-state index contributed by atoms with van der Waals surface area (Å²) in [6.45, 7) is 1.83. The van der Waals surface area contributed by atoms with E-state index in [1.807, 2.05) is 61.5 Å². The van der Waals surface area contributed by atoms with Gasteiger partial charge in [0.1, 0.15) is 0 Å². The van der Waals surface area contributed by atoms with Crippen LogP contribution < -0.4 is 5.43 Å². The topological polar surface area (TPSA) is 67.2 Å². The molecule has 4 aromatic rings. The van der Waals surface area contributed by atoms with E-state index in [4.69, 9.17) is 0 Å². The number of nitrogens with zero attached hydrogens (tertiary/aromatic N) is 3. The Bertz CT molecular complexity index is 1120. The fourth-order valence-electron chi connectivity index (χ4n) is 2.65. The van der Waals surface area contributed by atoms with Gasteiger partial charge in [-0.05, 0) is 42.8 Å². The van der Waals surface area contributed by atoms with Crippen molar-refractivity contribution in [3.8, 4) is 0 Å². The van der Waals surface area contributed by atoms with Gasteiger partial charge in [0.25, 0.3) is 5.91 Å². The quantitative estimate of drug-likeness (QED) is 0.268. The van der Waals surface area contributed by atoms with Gasteiger partial charge in [-0.3, -0.25) is 9.78 Å². The van der Waals surface area contributed by atoms with E-state index in [-0.39, 0.29) is 5.91 Å². The summed E-state index contributed by atoms with van der Waals surface area (Å²) in [5.41, 5.74) is 6.92. The highest BCUT2D eigenvalue weighted by Crippen LogP contribution is 2.31. The van der Waals surface area contributed by atoms with Gasteiger partial charge in [-0.1, -0.05) is 42.1 Å². The van der Waals surface area contributed by atoms with Crippen molar-refractivity contribution in [2.75, 3.05) is 0 Å². The number of carbonyl (C=O) groups excluding carboxylic acids is 1. The fraction of sp³-hybridized carbons (Fsp3) is 0.0909. The highest BCUT2D eigenvalue weighted by atomic mass is 32.2. The Morgan fingerprint density at radius 2 is 1.90 bits per heavy atom. The number of amides is 1. The standard InChI is InChI=1S/C22H18N4OS2/c1-15(18-5-4-12-23-13-18)25-26-21(27)17-10-8-16(9-11-17)14-28-22-24-19-6-2-3-7-20(19)29-22/h2-13H,14H2,1H3,(H,26,27). The second kappa shape index (κ2) is 8.98. The summed E-state index contributed by atoms with van der Waals surface area (Å²) in [7, 11) is 0. The Kier molecular flexibility index (Phi) is 5.97. The second-order valence-electron chi connectivity index (χ2n) is 6.31. The highest BCUT2D eigenvalue weighted by Gasteiger charge is 2.07. The molecule has 0 aliphatic heterocycles. The number of hydrogen-bond donors (Lipinski definition) is 1. The molecule has 0 aliphatic carbocycles. The van der Waals surface area contributed by atoms with E-state index in [0.717, 1.165) is 26.7 Å². The Morgan fingerprint density at radius 3 is 2.66 bits per heavy atom. The lowest BCUT2D eigenvalue weighted by Gasteiger charge is -2.04. The zero-order valence-corrected chi connectivity index (χ0v) is 17.3. The van der Waals surface area contributed by atoms with Gasteiger partial charge in [0, 0.05) is 29.3 Å². The number of fused-ring (bicyclic) bond motifs is 1. The van der Waals surface area contributed by atoms with Gasteiger partial charge in [0.05, 0.1) is 15.9 Å². The molecule has 1 amide bonds. The molecule has 5 nitrogen and oxygen atoms in total. The maximum atomic E-state index is 12.3. The van der Waals surface area contributed by atoms with Crippen molar-refractivity contribution in [2.45, 2.75) is 17.0 Å². The summed E-state index contributed by atoms with van der Waals surface area (Å²) in [6.07, 6.45) is 3.41. The number of thioether (sulfide) groups is 1. The molecular weight excluding hydrogens is 400 g/mol. The lowest BCUT2D eigenvalue weighted by atomic mass is 10.1. The van der Waals surface area contributed by atoms with Crippen LogP contribution in [-0.4, -0.2) is 21.6 Å². The van der Waals surface area contributed by atoms with Crippen LogP contribution in [0.5, 0.6) is 0 Å². The molecule has 0 atom stereocenters. The molecule has 0 radical (unpaired) electrons. The monoisotopic (exact) mass is 418 g/mol. The Labute approximate surface area is 176 Å². The number of hydrogen-bond acceptors (Lipinski definition) is 6. The third-order valence-corrected chi connectivity index (χ3v) is 6.51. The number of hydrazone groups is 1. The molecule has 0 unspecified atom stereocenters. The third-order valence-electron chi connectivity index (χ3n) is 4.26. The van der Waals surface area contributed by atoms with Crippen molar-refractivity contribution < 1.29 is 4.79 Å². The molecule has 1 N–H and O–H groups in total. The Balaban J connectivity index is 1.35. The van der Waals surface area contributed by atoms with Gasteiger partial charge in [-0.25, -0.2) is 10.4 Å². The van der Waals surface area contributed by atoms with Crippen LogP contribution in [0.1, 0.15) is 28.4 Å². The van der Waals surface area contributed by atoms with Crippen LogP contribution in [0.2, 0.25) is 0 Å². The molecule has 2 aromatic heterocycles. The molecule has 29 heavy (non-hydrogen) atoms. The van der Waals surface area contributed by atoms with Crippen molar-refractivity contribution in [2.24, 2.45) is 5.10 Å². The second-order valence-corrected chi connectivity index (χ2v) is 8.57. The van der Waals surface area contributed by atoms with Crippen molar-refractivity contribution in [3.63, 3.8) is 0 Å². The average molecular weight is 419 g/mol. The fourth-order valence-corrected chi connectivity index (χ4v) is 4.68. The number of pyridine rings is 1. The van der Waals surface area contributed by atoms with Crippen molar-refractivity contribution in [1.29, 1.82) is 0 Å². The van der Waals surface area contributed by atoms with Crippen molar-refractivity contribution in [3.05, 3.63) is 89.7 Å². The zero-order chi connectivity index (χ0) is 20.1. The van der Waals surface area contributed by atoms with Crippen LogP contribution in [0.4, 0.5) is 0 Å². The predicted octanol–water partition coefficient (Wildman–Crippen LogP) is 5.14. The zero-order valence-electron chi connectivity index (χ0n) is 15.7. The number of benzene rings is 2. The smallest absolute Gasteiger partial charge is 0.267 e. The number of rotatable bonds is 6. The van der Waals surface area contributed by atoms with Crippen molar-refractivity contribution in [1.82, 2.24) is 15.4 Å². The maximum absolute atomic E-state index is 12.3. The van der Waals surface area contributed by atoms with Gasteiger partial charge in [0.15, 0.2) is 4.34 Å². The van der Waals surface area contributed by atoms with E-state index in [9.17, 15) is 4.79 Å². The lowest BCUT2D eigenvalue weighted by Crippen LogP contribution is -2.19. The lowest BCUT2D eigenvalue weighted by molar-refractivity contribution is 0.0955. The molecule has 0 aliphatic rings. The van der Waals surface area contributed by atoms with Crippen LogP contribution in [0.3, 0.4) is 0 Å². The molecule has 0 bridgehead atoms. The number of carbonyl (C=O) groups is 1. The minimum atomic E-state index is -0.237. The van der Waals surface area contributed by atoms with E-state index < -0.39 is 0 Å². The van der Waals surface area contributed by atoms with Crippen LogP contribution in [0.15, 0.2) is 82.5 Å². The highest BCUT2D eigenvalue weighted by molar-refractivity contribution is 8.00. The maximum Gasteiger partial charge on any atom is 0.271 e. The minimum absolute atomic E-state index is 0.237. The summed E-state index contributed by atoms with van der Waals surface area (Å²) >= 11 is 3.40. The molecule has 0 saturated carbocycles. The van der Waals surface area contributed by atoms with Gasteiger partial charge in [-0.15, -0.1) is 11.3 Å². The molecule has 7 heteroatoms. The normalized spacial score (nSPS) is 11.6. The first-order valence-electron chi connectivity index (χ1n) is 9.01. The molecule has 2 aromatic carbocycles. The van der Waals surface area contributed by atoms with E-state index in [1.54, 1.807) is 35.5 Å². The summed E-state index contributed by atoms with van der Waals surface area (Å²) in [4.78, 5) is 21.0. The van der Waals surface area contributed by atoms with Crippen LogP contribution in [-0.2, 0) is 5.75 Å². The van der Waals surface area contributed by atoms with Crippen molar-refractivity contribution >= 4 is 44.9 Å². The first kappa shape index (κ1) is 19.3. The van der Waals surface area contributed by atoms with E-state index in [0.29, 0.717) is 11.3 Å². The van der Waals surface area contributed by atoms with Crippen LogP contribution in [0.25, 0.3) is 10.2 Å². The molecule has 0 spiro atoms. The Morgan fingerprint density at radius 1 is 1.07 bits per heavy atom. The SMILES string of the molecule is CC(=NNC(=O)c1ccc(CSc2nc3ccccc3s2)cc1)c1cccnc1. The first-order chi connectivity index (χ1) is 14.2. The summed E-state index contributed by atoms with van der Waals surface area (Å²) in [5, 5.41) is 4.16. The molecule has 0 fully saturated rings.